The van der Waals surface area contributed by atoms with Crippen LogP contribution >= 0.6 is 0 Å². The first-order chi connectivity index (χ1) is 18.2. The summed E-state index contributed by atoms with van der Waals surface area (Å²) in [5, 5.41) is 20.0. The number of nitriles is 2. The number of nitrogens with zero attached hydrogens (tertiary/aromatic N) is 3. The van der Waals surface area contributed by atoms with Crippen LogP contribution in [0.5, 0.6) is 0 Å². The Hall–Kier alpha value is -4.26. The molecule has 6 heteroatoms. The lowest BCUT2D eigenvalue weighted by atomic mass is 9.56. The molecular formula is C32H29N3O3. The monoisotopic (exact) mass is 503 g/mol. The van der Waals surface area contributed by atoms with E-state index in [9.17, 15) is 14.9 Å². The predicted molar refractivity (Wildman–Crippen MR) is 146 cm³/mol. The third-order valence-electron chi connectivity index (χ3n) is 9.03. The zero-order valence-corrected chi connectivity index (χ0v) is 21.8. The Kier molecular flexibility index (Phi) is 6.18. The van der Waals surface area contributed by atoms with E-state index in [1.54, 1.807) is 24.3 Å². The van der Waals surface area contributed by atoms with Gasteiger partial charge in [0, 0.05) is 16.7 Å². The van der Waals surface area contributed by atoms with Crippen LogP contribution in [0.3, 0.4) is 0 Å². The lowest BCUT2D eigenvalue weighted by Gasteiger charge is -2.45. The highest BCUT2D eigenvalue weighted by Gasteiger charge is 2.72. The molecule has 2 bridgehead atoms. The third kappa shape index (κ3) is 3.64. The van der Waals surface area contributed by atoms with Gasteiger partial charge in [-0.3, -0.25) is 14.5 Å². The van der Waals surface area contributed by atoms with E-state index in [2.05, 4.69) is 19.1 Å². The number of imide groups is 1. The molecule has 0 radical (unpaired) electrons. The Morgan fingerprint density at radius 2 is 1.74 bits per heavy atom. The number of hydrogen-bond acceptors (Lipinski definition) is 5. The molecule has 5 rings (SSSR count). The summed E-state index contributed by atoms with van der Waals surface area (Å²) in [7, 11) is 0. The first-order valence-corrected chi connectivity index (χ1v) is 12.8. The van der Waals surface area contributed by atoms with Crippen LogP contribution in [0.25, 0.3) is 16.8 Å². The molecule has 0 N–H and O–H groups in total. The number of fused-ring (bicyclic) bond motifs is 3. The molecule has 2 saturated heterocycles. The number of carbonyl (C=O) groups excluding carboxylic acids is 2. The second-order valence-corrected chi connectivity index (χ2v) is 10.7. The van der Waals surface area contributed by atoms with Crippen molar-refractivity contribution in [3.8, 4) is 12.1 Å². The maximum absolute atomic E-state index is 14.4. The van der Waals surface area contributed by atoms with Crippen molar-refractivity contribution >= 4 is 34.9 Å². The molecule has 190 valence electrons. The predicted octanol–water partition coefficient (Wildman–Crippen LogP) is 6.14. The van der Waals surface area contributed by atoms with Gasteiger partial charge in [-0.15, -0.1) is 0 Å². The molecule has 0 spiro atoms. The number of benzene rings is 3. The Morgan fingerprint density at radius 1 is 1.03 bits per heavy atom. The molecule has 2 amide bonds. The molecule has 2 aliphatic heterocycles. The minimum absolute atomic E-state index is 0.133. The Bertz CT molecular complexity index is 1550. The first-order valence-electron chi connectivity index (χ1n) is 12.8. The molecule has 0 saturated carbocycles. The van der Waals surface area contributed by atoms with E-state index in [4.69, 9.17) is 10.00 Å². The average molecular weight is 504 g/mol. The van der Waals surface area contributed by atoms with Crippen molar-refractivity contribution in [2.75, 3.05) is 4.90 Å². The summed E-state index contributed by atoms with van der Waals surface area (Å²) in [5.41, 5.74) is 0.289. The van der Waals surface area contributed by atoms with Crippen LogP contribution in [-0.2, 0) is 14.3 Å². The SMILES string of the molecule is C[C@@H]1C2(C)CCC(C/C=C/c3ccc(C#N)cc3)(O2)[C@]1(C)C(=O)N(C=O)c1ccc(C#N)c2ccccc12. The summed E-state index contributed by atoms with van der Waals surface area (Å²) < 4.78 is 6.72. The van der Waals surface area contributed by atoms with Gasteiger partial charge in [0.25, 0.3) is 0 Å². The number of anilines is 1. The molecule has 2 aliphatic rings. The summed E-state index contributed by atoms with van der Waals surface area (Å²) in [4.78, 5) is 28.2. The van der Waals surface area contributed by atoms with Gasteiger partial charge in [0.2, 0.25) is 12.3 Å². The normalized spacial score (nSPS) is 27.8. The van der Waals surface area contributed by atoms with Crippen molar-refractivity contribution in [2.24, 2.45) is 11.3 Å². The van der Waals surface area contributed by atoms with Gasteiger partial charge in [-0.25, -0.2) is 0 Å². The maximum atomic E-state index is 14.4. The topological polar surface area (TPSA) is 94.2 Å². The molecular weight excluding hydrogens is 474 g/mol. The van der Waals surface area contributed by atoms with E-state index < -0.39 is 16.6 Å². The summed E-state index contributed by atoms with van der Waals surface area (Å²) in [6.45, 7) is 6.04. The van der Waals surface area contributed by atoms with Crippen LogP contribution in [0.1, 0.15) is 56.7 Å². The molecule has 4 atom stereocenters. The average Bonchev–Trinajstić information content (AvgIpc) is 3.38. The van der Waals surface area contributed by atoms with Gasteiger partial charge in [0.05, 0.1) is 45.6 Å². The summed E-state index contributed by atoms with van der Waals surface area (Å²) >= 11 is 0. The Morgan fingerprint density at radius 3 is 2.39 bits per heavy atom. The van der Waals surface area contributed by atoms with E-state index in [1.807, 2.05) is 62.4 Å². The van der Waals surface area contributed by atoms with Crippen LogP contribution in [0.4, 0.5) is 5.69 Å². The first kappa shape index (κ1) is 25.4. The highest BCUT2D eigenvalue weighted by molar-refractivity contribution is 6.16. The van der Waals surface area contributed by atoms with Crippen molar-refractivity contribution in [3.05, 3.63) is 83.4 Å². The van der Waals surface area contributed by atoms with E-state index in [1.165, 1.54) is 4.90 Å². The molecule has 3 aromatic carbocycles. The zero-order valence-electron chi connectivity index (χ0n) is 21.8. The van der Waals surface area contributed by atoms with Gasteiger partial charge in [0.1, 0.15) is 0 Å². The Balaban J connectivity index is 1.53. The van der Waals surface area contributed by atoms with E-state index in [-0.39, 0.29) is 11.8 Å². The molecule has 2 fully saturated rings. The highest BCUT2D eigenvalue weighted by Crippen LogP contribution is 2.66. The minimum atomic E-state index is -0.967. The minimum Gasteiger partial charge on any atom is -0.367 e. The van der Waals surface area contributed by atoms with Gasteiger partial charge in [-0.2, -0.15) is 10.5 Å². The number of carbonyl (C=O) groups is 2. The fraction of sp³-hybridized carbons (Fsp3) is 0.312. The van der Waals surface area contributed by atoms with Gasteiger partial charge in [-0.05, 0) is 62.9 Å². The summed E-state index contributed by atoms with van der Waals surface area (Å²) in [6, 6.07) is 22.3. The number of hydrogen-bond donors (Lipinski definition) is 0. The van der Waals surface area contributed by atoms with E-state index in [0.717, 1.165) is 12.0 Å². The fourth-order valence-corrected chi connectivity index (χ4v) is 6.52. The molecule has 38 heavy (non-hydrogen) atoms. The van der Waals surface area contributed by atoms with Crippen LogP contribution in [0.15, 0.2) is 66.7 Å². The largest absolute Gasteiger partial charge is 0.367 e. The Labute approximate surface area is 222 Å². The van der Waals surface area contributed by atoms with Gasteiger partial charge in [-0.1, -0.05) is 55.5 Å². The van der Waals surface area contributed by atoms with Crippen molar-refractivity contribution < 1.29 is 14.3 Å². The van der Waals surface area contributed by atoms with E-state index >= 15 is 0 Å². The molecule has 0 aliphatic carbocycles. The lowest BCUT2D eigenvalue weighted by molar-refractivity contribution is -0.140. The van der Waals surface area contributed by atoms with Crippen LogP contribution in [-0.4, -0.2) is 23.5 Å². The molecule has 6 nitrogen and oxygen atoms in total. The summed E-state index contributed by atoms with van der Waals surface area (Å²) in [6.07, 6.45) is 6.64. The molecule has 2 heterocycles. The number of rotatable bonds is 6. The molecule has 3 aromatic rings. The van der Waals surface area contributed by atoms with Crippen LogP contribution < -0.4 is 4.90 Å². The van der Waals surface area contributed by atoms with Crippen molar-refractivity contribution in [2.45, 2.75) is 51.2 Å². The quantitative estimate of drug-likeness (QED) is 0.377. The van der Waals surface area contributed by atoms with Crippen molar-refractivity contribution in [1.82, 2.24) is 0 Å². The molecule has 0 aromatic heterocycles. The van der Waals surface area contributed by atoms with Crippen LogP contribution in [0.2, 0.25) is 0 Å². The van der Waals surface area contributed by atoms with Crippen molar-refractivity contribution in [1.29, 1.82) is 10.5 Å². The number of amides is 2. The second kappa shape index (κ2) is 9.24. The standard InChI is InChI=1S/C32H29N3O3/c1-22-30(2)17-18-32(38-30,16-6-7-23-10-12-24(19-33)13-11-23)31(22,3)29(37)35(21-36)28-15-14-25(20-34)26-8-4-5-9-27(26)28/h4-15,21-22H,16-18H2,1-3H3/b7-6+/t22-,30?,31+,32?/m1/s1. The molecule has 2 unspecified atom stereocenters. The maximum Gasteiger partial charge on any atom is 0.242 e. The van der Waals surface area contributed by atoms with Crippen LogP contribution in [0, 0.1) is 34.0 Å². The zero-order chi connectivity index (χ0) is 27.1. The smallest absolute Gasteiger partial charge is 0.242 e. The fourth-order valence-electron chi connectivity index (χ4n) is 6.52. The highest BCUT2D eigenvalue weighted by atomic mass is 16.5. The van der Waals surface area contributed by atoms with Crippen molar-refractivity contribution in [3.63, 3.8) is 0 Å². The van der Waals surface area contributed by atoms with Gasteiger partial charge in [0.15, 0.2) is 0 Å². The van der Waals surface area contributed by atoms with Gasteiger partial charge >= 0.3 is 0 Å². The van der Waals surface area contributed by atoms with Gasteiger partial charge < -0.3 is 4.74 Å². The summed E-state index contributed by atoms with van der Waals surface area (Å²) in [5.74, 6) is -0.434. The third-order valence-corrected chi connectivity index (χ3v) is 9.03. The number of ether oxygens (including phenoxy) is 1. The lowest BCUT2D eigenvalue weighted by Crippen LogP contribution is -2.57. The van der Waals surface area contributed by atoms with E-state index in [0.29, 0.717) is 46.8 Å². The second-order valence-electron chi connectivity index (χ2n) is 10.7.